The zero-order chi connectivity index (χ0) is 25.4. The van der Waals surface area contributed by atoms with Crippen molar-refractivity contribution in [2.75, 3.05) is 6.61 Å². The summed E-state index contributed by atoms with van der Waals surface area (Å²) < 4.78 is 14.9. The predicted octanol–water partition coefficient (Wildman–Crippen LogP) is 7.64. The molecule has 2 aromatic heterocycles. The highest BCUT2D eigenvalue weighted by atomic mass is 79.9. The van der Waals surface area contributed by atoms with Gasteiger partial charge in [0.1, 0.15) is 11.3 Å². The van der Waals surface area contributed by atoms with E-state index in [-0.39, 0.29) is 11.0 Å². The van der Waals surface area contributed by atoms with Crippen LogP contribution in [-0.2, 0) is 0 Å². The topological polar surface area (TPSA) is 69.6 Å². The lowest BCUT2D eigenvalue weighted by atomic mass is 9.99. The van der Waals surface area contributed by atoms with Gasteiger partial charge in [-0.3, -0.25) is 4.79 Å². The summed E-state index contributed by atoms with van der Waals surface area (Å²) in [6.07, 6.45) is 1.62. The Bertz CT molecular complexity index is 1620. The molecule has 0 amide bonds. The average Bonchev–Trinajstić information content (AvgIpc) is 3.26. The average molecular weight is 609 g/mol. The Labute approximate surface area is 224 Å². The summed E-state index contributed by atoms with van der Waals surface area (Å²) in [6, 6.07) is 20.5. The summed E-state index contributed by atoms with van der Waals surface area (Å²) in [4.78, 5) is 18.2. The highest BCUT2D eigenvalue weighted by Crippen LogP contribution is 2.35. The Kier molecular flexibility index (Phi) is 6.57. The second kappa shape index (κ2) is 9.67. The van der Waals surface area contributed by atoms with Gasteiger partial charge in [0.15, 0.2) is 5.76 Å². The maximum atomic E-state index is 13.5. The lowest BCUT2D eigenvalue weighted by molar-refractivity contribution is 0.196. The third-order valence-corrected chi connectivity index (χ3v) is 6.57. The van der Waals surface area contributed by atoms with Crippen LogP contribution >= 0.6 is 31.9 Å². The van der Waals surface area contributed by atoms with E-state index < -0.39 is 0 Å². The van der Waals surface area contributed by atoms with Crippen LogP contribution in [0.25, 0.3) is 33.5 Å². The molecule has 2 heterocycles. The minimum atomic E-state index is -0.282. The molecule has 5 rings (SSSR count). The molecule has 6 nitrogen and oxygen atoms in total. The van der Waals surface area contributed by atoms with Crippen molar-refractivity contribution in [2.45, 2.75) is 20.8 Å². The standard InChI is InChI=1S/C28H23Br2N3O3/c1-28(2,3)16-35-25-20(29)12-17(13-21(25)30)15-31-33-26(24-14-18-8-4-7-11-23(18)36-24)32-22-10-6-5-9-19(22)27(33)34/h4-15H,16H2,1-3H3. The lowest BCUT2D eigenvalue weighted by Gasteiger charge is -2.20. The number of rotatable bonds is 5. The van der Waals surface area contributed by atoms with E-state index in [0.717, 1.165) is 25.6 Å². The summed E-state index contributed by atoms with van der Waals surface area (Å²) in [5.74, 6) is 1.51. The number of ether oxygens (including phenoxy) is 1. The minimum absolute atomic E-state index is 0.0241. The molecule has 0 aliphatic rings. The van der Waals surface area contributed by atoms with Crippen molar-refractivity contribution in [1.29, 1.82) is 0 Å². The normalized spacial score (nSPS) is 12.1. The van der Waals surface area contributed by atoms with Crippen LogP contribution in [0.1, 0.15) is 26.3 Å². The van der Waals surface area contributed by atoms with E-state index in [2.05, 4.69) is 57.7 Å². The zero-order valence-corrected chi connectivity index (χ0v) is 23.1. The molecule has 0 spiro atoms. The molecule has 0 radical (unpaired) electrons. The van der Waals surface area contributed by atoms with Crippen LogP contribution in [0.3, 0.4) is 0 Å². The van der Waals surface area contributed by atoms with Crippen molar-refractivity contribution in [1.82, 2.24) is 9.66 Å². The van der Waals surface area contributed by atoms with Gasteiger partial charge >= 0.3 is 0 Å². The number of furan rings is 1. The van der Waals surface area contributed by atoms with Gasteiger partial charge in [-0.15, -0.1) is 0 Å². The van der Waals surface area contributed by atoms with Crippen LogP contribution in [-0.4, -0.2) is 22.5 Å². The minimum Gasteiger partial charge on any atom is -0.491 e. The lowest BCUT2D eigenvalue weighted by Crippen LogP contribution is -2.20. The van der Waals surface area contributed by atoms with Crippen LogP contribution < -0.4 is 10.3 Å². The second-order valence-corrected chi connectivity index (χ2v) is 11.3. The van der Waals surface area contributed by atoms with E-state index in [1.165, 1.54) is 4.68 Å². The fraction of sp³-hybridized carbons (Fsp3) is 0.179. The van der Waals surface area contributed by atoms with Crippen molar-refractivity contribution < 1.29 is 9.15 Å². The molecule has 0 N–H and O–H groups in total. The van der Waals surface area contributed by atoms with Crippen molar-refractivity contribution >= 4 is 59.9 Å². The third kappa shape index (κ3) is 5.01. The summed E-state index contributed by atoms with van der Waals surface area (Å²) >= 11 is 7.19. The molecule has 0 aliphatic heterocycles. The first-order valence-electron chi connectivity index (χ1n) is 11.4. The molecule has 0 saturated heterocycles. The summed E-state index contributed by atoms with van der Waals surface area (Å²) in [7, 11) is 0. The van der Waals surface area contributed by atoms with Gasteiger partial charge in [-0.05, 0) is 79.2 Å². The van der Waals surface area contributed by atoms with Crippen molar-refractivity contribution in [3.63, 3.8) is 0 Å². The maximum Gasteiger partial charge on any atom is 0.282 e. The molecular formula is C28H23Br2N3O3. The second-order valence-electron chi connectivity index (χ2n) is 9.63. The van der Waals surface area contributed by atoms with E-state index in [4.69, 9.17) is 14.1 Å². The van der Waals surface area contributed by atoms with E-state index in [1.807, 2.05) is 60.7 Å². The molecule has 0 saturated carbocycles. The number of hydrogen-bond donors (Lipinski definition) is 0. The van der Waals surface area contributed by atoms with Crippen molar-refractivity contribution in [3.05, 3.63) is 91.6 Å². The fourth-order valence-electron chi connectivity index (χ4n) is 3.69. The Morgan fingerprint density at radius 1 is 1.03 bits per heavy atom. The number of aromatic nitrogens is 2. The zero-order valence-electron chi connectivity index (χ0n) is 20.0. The van der Waals surface area contributed by atoms with Gasteiger partial charge in [-0.1, -0.05) is 51.1 Å². The number of nitrogens with zero attached hydrogens (tertiary/aromatic N) is 3. The van der Waals surface area contributed by atoms with Gasteiger partial charge in [0.2, 0.25) is 5.82 Å². The van der Waals surface area contributed by atoms with E-state index in [0.29, 0.717) is 34.7 Å². The smallest absolute Gasteiger partial charge is 0.282 e. The van der Waals surface area contributed by atoms with Crippen LogP contribution in [0.5, 0.6) is 5.75 Å². The molecule has 0 unspecified atom stereocenters. The number of para-hydroxylation sites is 2. The van der Waals surface area contributed by atoms with Crippen molar-refractivity contribution in [3.8, 4) is 17.3 Å². The molecule has 36 heavy (non-hydrogen) atoms. The fourth-order valence-corrected chi connectivity index (χ4v) is 5.14. The predicted molar refractivity (Wildman–Crippen MR) is 151 cm³/mol. The Morgan fingerprint density at radius 3 is 2.44 bits per heavy atom. The Morgan fingerprint density at radius 2 is 1.72 bits per heavy atom. The number of hydrogen-bond acceptors (Lipinski definition) is 5. The van der Waals surface area contributed by atoms with E-state index in [1.54, 1.807) is 12.3 Å². The SMILES string of the molecule is CC(C)(C)COc1c(Br)cc(C=Nn2c(-c3cc4ccccc4o3)nc3ccccc3c2=O)cc1Br. The number of benzene rings is 3. The molecular weight excluding hydrogens is 586 g/mol. The highest BCUT2D eigenvalue weighted by molar-refractivity contribution is 9.11. The van der Waals surface area contributed by atoms with Crippen LogP contribution in [0.15, 0.2) is 90.0 Å². The monoisotopic (exact) mass is 607 g/mol. The summed E-state index contributed by atoms with van der Waals surface area (Å²) in [5.41, 5.74) is 1.80. The molecule has 182 valence electrons. The highest BCUT2D eigenvalue weighted by Gasteiger charge is 2.17. The first kappa shape index (κ1) is 24.5. The molecule has 0 aliphatic carbocycles. The maximum absolute atomic E-state index is 13.5. The Hall–Kier alpha value is -3.23. The first-order chi connectivity index (χ1) is 17.2. The molecule has 8 heteroatoms. The number of fused-ring (bicyclic) bond motifs is 2. The summed E-state index contributed by atoms with van der Waals surface area (Å²) in [5, 5.41) is 5.94. The Balaban J connectivity index is 1.59. The molecule has 3 aromatic carbocycles. The number of halogens is 2. The van der Waals surface area contributed by atoms with E-state index in [9.17, 15) is 4.79 Å². The van der Waals surface area contributed by atoms with Gasteiger partial charge in [-0.25, -0.2) is 4.98 Å². The van der Waals surface area contributed by atoms with Gasteiger partial charge in [0.05, 0.1) is 32.7 Å². The van der Waals surface area contributed by atoms with Crippen LogP contribution in [0.2, 0.25) is 0 Å². The van der Waals surface area contributed by atoms with Crippen LogP contribution in [0, 0.1) is 5.41 Å². The molecule has 0 bridgehead atoms. The largest absolute Gasteiger partial charge is 0.491 e. The summed E-state index contributed by atoms with van der Waals surface area (Å²) in [6.45, 7) is 6.91. The van der Waals surface area contributed by atoms with Crippen molar-refractivity contribution in [2.24, 2.45) is 10.5 Å². The van der Waals surface area contributed by atoms with Gasteiger partial charge in [0, 0.05) is 5.39 Å². The van der Waals surface area contributed by atoms with Gasteiger partial charge in [-0.2, -0.15) is 9.78 Å². The molecule has 0 fully saturated rings. The van der Waals surface area contributed by atoms with Gasteiger partial charge in [0.25, 0.3) is 5.56 Å². The van der Waals surface area contributed by atoms with Crippen LogP contribution in [0.4, 0.5) is 0 Å². The quantitative estimate of drug-likeness (QED) is 0.192. The molecule has 5 aromatic rings. The molecule has 0 atom stereocenters. The first-order valence-corrected chi connectivity index (χ1v) is 13.0. The third-order valence-electron chi connectivity index (χ3n) is 5.39. The van der Waals surface area contributed by atoms with E-state index >= 15 is 0 Å². The van der Waals surface area contributed by atoms with Gasteiger partial charge < -0.3 is 9.15 Å².